The molecular weight excluding hydrogens is 306 g/mol. The van der Waals surface area contributed by atoms with Crippen molar-refractivity contribution in [2.75, 3.05) is 0 Å². The number of hydrogen-bond acceptors (Lipinski definition) is 3. The second kappa shape index (κ2) is 6.80. The number of sulfone groups is 1. The van der Waals surface area contributed by atoms with Gasteiger partial charge in [-0.1, -0.05) is 55.8 Å². The molecule has 0 aliphatic carbocycles. The zero-order valence-corrected chi connectivity index (χ0v) is 14.3. The molecule has 0 radical (unpaired) electrons. The summed E-state index contributed by atoms with van der Waals surface area (Å²) in [4.78, 5) is -0.117. The summed E-state index contributed by atoms with van der Waals surface area (Å²) in [6.07, 6.45) is 1.42. The number of allylic oxidation sites excluding steroid dienone is 1. The van der Waals surface area contributed by atoms with Crippen LogP contribution in [0, 0.1) is 18.3 Å². The highest BCUT2D eigenvalue weighted by atomic mass is 32.2. The first-order valence-electron chi connectivity index (χ1n) is 7.38. The molecule has 0 unspecified atom stereocenters. The summed E-state index contributed by atoms with van der Waals surface area (Å²) in [6, 6.07) is 15.9. The Bertz CT molecular complexity index is 853. The topological polar surface area (TPSA) is 57.9 Å². The molecule has 0 atom stereocenters. The first kappa shape index (κ1) is 17.0. The van der Waals surface area contributed by atoms with Gasteiger partial charge in [-0.3, -0.25) is 0 Å². The predicted molar refractivity (Wildman–Crippen MR) is 92.5 cm³/mol. The summed E-state index contributed by atoms with van der Waals surface area (Å²) in [6.45, 7) is 6.06. The first-order valence-corrected chi connectivity index (χ1v) is 8.86. The molecule has 0 heterocycles. The van der Waals surface area contributed by atoms with Crippen LogP contribution >= 0.6 is 0 Å². The summed E-state index contributed by atoms with van der Waals surface area (Å²) >= 11 is 0. The fourth-order valence-electron chi connectivity index (χ4n) is 2.14. The minimum absolute atomic E-state index is 0.134. The first-order chi connectivity index (χ1) is 10.8. The third-order valence-electron chi connectivity index (χ3n) is 3.63. The van der Waals surface area contributed by atoms with E-state index in [2.05, 4.69) is 13.8 Å². The van der Waals surface area contributed by atoms with E-state index in [1.54, 1.807) is 12.1 Å². The molecule has 0 aliphatic rings. The fraction of sp³-hybridized carbons (Fsp3) is 0.211. The van der Waals surface area contributed by atoms with E-state index in [0.717, 1.165) is 5.56 Å². The molecule has 2 aromatic rings. The van der Waals surface area contributed by atoms with Crippen molar-refractivity contribution in [3.63, 3.8) is 0 Å². The average Bonchev–Trinajstić information content (AvgIpc) is 2.53. The Morgan fingerprint density at radius 3 is 2.09 bits per heavy atom. The van der Waals surface area contributed by atoms with Crippen molar-refractivity contribution < 1.29 is 8.42 Å². The molecule has 0 fully saturated rings. The van der Waals surface area contributed by atoms with E-state index in [9.17, 15) is 13.7 Å². The highest BCUT2D eigenvalue weighted by molar-refractivity contribution is 7.95. The summed E-state index contributed by atoms with van der Waals surface area (Å²) in [5.74, 6) is 0.403. The van der Waals surface area contributed by atoms with E-state index in [1.807, 2.05) is 37.3 Å². The van der Waals surface area contributed by atoms with E-state index >= 15 is 0 Å². The SMILES string of the molecule is Cc1ccc(S(=O)(=O)/C(C#N)=C/c2ccc(C(C)C)cc2)cc1. The number of rotatable bonds is 4. The van der Waals surface area contributed by atoms with Gasteiger partial charge in [-0.15, -0.1) is 0 Å². The van der Waals surface area contributed by atoms with Gasteiger partial charge in [0.05, 0.1) is 4.90 Å². The summed E-state index contributed by atoms with van der Waals surface area (Å²) < 4.78 is 25.1. The lowest BCUT2D eigenvalue weighted by atomic mass is 10.0. The second-order valence-electron chi connectivity index (χ2n) is 5.76. The lowest BCUT2D eigenvalue weighted by molar-refractivity contribution is 0.603. The summed E-state index contributed by atoms with van der Waals surface area (Å²) in [5, 5.41) is 9.28. The Morgan fingerprint density at radius 2 is 1.61 bits per heavy atom. The van der Waals surface area contributed by atoms with Crippen LogP contribution in [-0.4, -0.2) is 8.42 Å². The van der Waals surface area contributed by atoms with Crippen LogP contribution in [0.1, 0.15) is 36.5 Å². The van der Waals surface area contributed by atoms with Crippen LogP contribution in [0.3, 0.4) is 0 Å². The molecule has 2 aromatic carbocycles. The van der Waals surface area contributed by atoms with Crippen LogP contribution in [0.2, 0.25) is 0 Å². The molecule has 2 rings (SSSR count). The fourth-order valence-corrected chi connectivity index (χ4v) is 3.30. The maximum absolute atomic E-state index is 12.6. The van der Waals surface area contributed by atoms with E-state index in [0.29, 0.717) is 11.5 Å². The lowest BCUT2D eigenvalue weighted by Crippen LogP contribution is -2.03. The van der Waals surface area contributed by atoms with Crippen molar-refractivity contribution in [2.24, 2.45) is 0 Å². The normalized spacial score (nSPS) is 12.2. The molecule has 118 valence electrons. The van der Waals surface area contributed by atoms with Gasteiger partial charge in [0.15, 0.2) is 0 Å². The van der Waals surface area contributed by atoms with Crippen LogP contribution in [0.25, 0.3) is 6.08 Å². The van der Waals surface area contributed by atoms with Crippen LogP contribution in [0.15, 0.2) is 58.3 Å². The highest BCUT2D eigenvalue weighted by Gasteiger charge is 2.20. The van der Waals surface area contributed by atoms with Gasteiger partial charge in [0.2, 0.25) is 9.84 Å². The minimum Gasteiger partial charge on any atom is -0.218 e. The van der Waals surface area contributed by atoms with Crippen molar-refractivity contribution in [3.05, 3.63) is 70.1 Å². The Balaban J connectivity index is 2.42. The van der Waals surface area contributed by atoms with Gasteiger partial charge < -0.3 is 0 Å². The van der Waals surface area contributed by atoms with Gasteiger partial charge in [-0.2, -0.15) is 5.26 Å². The molecular formula is C19H19NO2S. The number of aryl methyl sites for hydroxylation is 1. The van der Waals surface area contributed by atoms with E-state index in [1.165, 1.54) is 23.8 Å². The van der Waals surface area contributed by atoms with Crippen molar-refractivity contribution in [2.45, 2.75) is 31.6 Å². The van der Waals surface area contributed by atoms with Gasteiger partial charge in [0.1, 0.15) is 11.0 Å². The molecule has 3 nitrogen and oxygen atoms in total. The number of nitriles is 1. The molecule has 0 aliphatic heterocycles. The lowest BCUT2D eigenvalue weighted by Gasteiger charge is -2.06. The van der Waals surface area contributed by atoms with Gasteiger partial charge in [0, 0.05) is 0 Å². The monoisotopic (exact) mass is 325 g/mol. The molecule has 0 saturated heterocycles. The van der Waals surface area contributed by atoms with Crippen molar-refractivity contribution in [1.82, 2.24) is 0 Å². The molecule has 0 spiro atoms. The minimum atomic E-state index is -3.79. The predicted octanol–water partition coefficient (Wildman–Crippen LogP) is 4.46. The van der Waals surface area contributed by atoms with E-state index < -0.39 is 9.84 Å². The number of nitrogens with zero attached hydrogens (tertiary/aromatic N) is 1. The van der Waals surface area contributed by atoms with Crippen LogP contribution < -0.4 is 0 Å². The Kier molecular flexibility index (Phi) is 5.02. The molecule has 23 heavy (non-hydrogen) atoms. The largest absolute Gasteiger partial charge is 0.218 e. The van der Waals surface area contributed by atoms with Crippen molar-refractivity contribution in [1.29, 1.82) is 5.26 Å². The smallest absolute Gasteiger partial charge is 0.216 e. The zero-order chi connectivity index (χ0) is 17.0. The molecule has 0 N–H and O–H groups in total. The highest BCUT2D eigenvalue weighted by Crippen LogP contribution is 2.22. The van der Waals surface area contributed by atoms with Crippen molar-refractivity contribution in [3.8, 4) is 6.07 Å². The van der Waals surface area contributed by atoms with Gasteiger partial charge in [0.25, 0.3) is 0 Å². The van der Waals surface area contributed by atoms with Crippen LogP contribution in [0.5, 0.6) is 0 Å². The van der Waals surface area contributed by atoms with Gasteiger partial charge >= 0.3 is 0 Å². The van der Waals surface area contributed by atoms with Crippen molar-refractivity contribution >= 4 is 15.9 Å². The maximum Gasteiger partial charge on any atom is 0.216 e. The summed E-state index contributed by atoms with van der Waals surface area (Å²) in [5.41, 5.74) is 2.83. The standard InChI is InChI=1S/C19H19NO2S/c1-14(2)17-8-6-16(7-9-17)12-19(13-20)23(21,22)18-10-4-15(3)5-11-18/h4-12,14H,1-3H3/b19-12+. The van der Waals surface area contributed by atoms with E-state index in [-0.39, 0.29) is 9.80 Å². The second-order valence-corrected chi connectivity index (χ2v) is 7.68. The molecule has 0 aromatic heterocycles. The van der Waals surface area contributed by atoms with Gasteiger partial charge in [-0.05, 0) is 42.2 Å². The molecule has 0 amide bonds. The average molecular weight is 325 g/mol. The summed E-state index contributed by atoms with van der Waals surface area (Å²) in [7, 11) is -3.79. The molecule has 4 heteroatoms. The third kappa shape index (κ3) is 3.88. The Hall–Kier alpha value is -2.38. The number of hydrogen-bond donors (Lipinski definition) is 0. The quantitative estimate of drug-likeness (QED) is 0.780. The molecule has 0 saturated carbocycles. The Labute approximate surface area is 137 Å². The van der Waals surface area contributed by atoms with Crippen LogP contribution in [0.4, 0.5) is 0 Å². The number of benzene rings is 2. The molecule has 0 bridgehead atoms. The van der Waals surface area contributed by atoms with Crippen LogP contribution in [-0.2, 0) is 9.84 Å². The van der Waals surface area contributed by atoms with E-state index in [4.69, 9.17) is 0 Å². The third-order valence-corrected chi connectivity index (χ3v) is 5.31. The maximum atomic E-state index is 12.6. The van der Waals surface area contributed by atoms with Gasteiger partial charge in [-0.25, -0.2) is 8.42 Å². The zero-order valence-electron chi connectivity index (χ0n) is 13.4. The Morgan fingerprint density at radius 1 is 1.04 bits per heavy atom.